The molecule has 0 bridgehead atoms. The van der Waals surface area contributed by atoms with E-state index in [9.17, 15) is 14.0 Å². The van der Waals surface area contributed by atoms with Crippen molar-refractivity contribution in [1.29, 1.82) is 0 Å². The number of benzene rings is 2. The maximum absolute atomic E-state index is 13.6. The van der Waals surface area contributed by atoms with Crippen molar-refractivity contribution in [3.63, 3.8) is 0 Å². The molecule has 1 fully saturated rings. The van der Waals surface area contributed by atoms with E-state index >= 15 is 0 Å². The van der Waals surface area contributed by atoms with Gasteiger partial charge in [-0.2, -0.15) is 0 Å². The Bertz CT molecular complexity index is 776. The number of nitrogens with zero attached hydrogens (tertiary/aromatic N) is 1. The van der Waals surface area contributed by atoms with E-state index in [4.69, 9.17) is 4.74 Å². The first kappa shape index (κ1) is 17.0. The molecule has 0 spiro atoms. The highest BCUT2D eigenvalue weighted by molar-refractivity contribution is 5.97. The normalized spacial score (nSPS) is 16.8. The third-order valence-corrected chi connectivity index (χ3v) is 4.25. The van der Waals surface area contributed by atoms with Crippen LogP contribution in [0.1, 0.15) is 12.0 Å². The highest BCUT2D eigenvalue weighted by Crippen LogP contribution is 2.23. The van der Waals surface area contributed by atoms with Crippen molar-refractivity contribution in [2.75, 3.05) is 19.0 Å². The molecule has 1 aliphatic heterocycles. The number of amides is 2. The first-order chi connectivity index (χ1) is 12.1. The van der Waals surface area contributed by atoms with Crippen molar-refractivity contribution >= 4 is 17.5 Å². The van der Waals surface area contributed by atoms with Crippen molar-refractivity contribution in [1.82, 2.24) is 4.90 Å². The molecule has 1 heterocycles. The van der Waals surface area contributed by atoms with Crippen LogP contribution in [0.15, 0.2) is 48.5 Å². The van der Waals surface area contributed by atoms with Crippen LogP contribution in [0.25, 0.3) is 0 Å². The lowest BCUT2D eigenvalue weighted by molar-refractivity contribution is -0.128. The number of para-hydroxylation sites is 1. The van der Waals surface area contributed by atoms with E-state index in [-0.39, 0.29) is 23.9 Å². The largest absolute Gasteiger partial charge is 0.497 e. The van der Waals surface area contributed by atoms with Crippen LogP contribution >= 0.6 is 0 Å². The lowest BCUT2D eigenvalue weighted by Crippen LogP contribution is -2.28. The number of likely N-dealkylation sites (tertiary alicyclic amines) is 1. The Hall–Kier alpha value is -2.89. The number of rotatable bonds is 5. The van der Waals surface area contributed by atoms with Crippen LogP contribution < -0.4 is 10.1 Å². The number of hydrogen-bond acceptors (Lipinski definition) is 3. The fourth-order valence-electron chi connectivity index (χ4n) is 2.85. The van der Waals surface area contributed by atoms with Crippen LogP contribution in [0.3, 0.4) is 0 Å². The van der Waals surface area contributed by atoms with Crippen molar-refractivity contribution in [3.05, 3.63) is 59.9 Å². The minimum Gasteiger partial charge on any atom is -0.497 e. The Morgan fingerprint density at radius 3 is 2.64 bits per heavy atom. The summed E-state index contributed by atoms with van der Waals surface area (Å²) >= 11 is 0. The first-order valence-electron chi connectivity index (χ1n) is 8.03. The average Bonchev–Trinajstić information content (AvgIpc) is 2.98. The molecular formula is C19H19FN2O3. The molecule has 25 heavy (non-hydrogen) atoms. The van der Waals surface area contributed by atoms with Gasteiger partial charge in [-0.3, -0.25) is 9.59 Å². The second-order valence-corrected chi connectivity index (χ2v) is 5.99. The molecule has 1 N–H and O–H groups in total. The van der Waals surface area contributed by atoms with Gasteiger partial charge in [-0.15, -0.1) is 0 Å². The molecule has 0 saturated carbocycles. The summed E-state index contributed by atoms with van der Waals surface area (Å²) in [6, 6.07) is 13.4. The Kier molecular flexibility index (Phi) is 4.97. The van der Waals surface area contributed by atoms with Gasteiger partial charge >= 0.3 is 0 Å². The lowest BCUT2D eigenvalue weighted by atomic mass is 10.1. The topological polar surface area (TPSA) is 58.6 Å². The Morgan fingerprint density at radius 1 is 1.24 bits per heavy atom. The van der Waals surface area contributed by atoms with Gasteiger partial charge in [-0.1, -0.05) is 24.3 Å². The molecule has 130 valence electrons. The summed E-state index contributed by atoms with van der Waals surface area (Å²) < 4.78 is 18.7. The van der Waals surface area contributed by atoms with Gasteiger partial charge in [0.2, 0.25) is 11.8 Å². The number of carbonyl (C=O) groups excluding carboxylic acids is 2. The van der Waals surface area contributed by atoms with Gasteiger partial charge in [-0.25, -0.2) is 4.39 Å². The van der Waals surface area contributed by atoms with E-state index < -0.39 is 11.7 Å². The summed E-state index contributed by atoms with van der Waals surface area (Å²) in [6.45, 7) is 0.761. The van der Waals surface area contributed by atoms with Crippen LogP contribution in [-0.2, 0) is 16.1 Å². The van der Waals surface area contributed by atoms with Crippen molar-refractivity contribution in [2.45, 2.75) is 13.0 Å². The van der Waals surface area contributed by atoms with E-state index in [0.29, 0.717) is 13.1 Å². The van der Waals surface area contributed by atoms with Gasteiger partial charge in [0.05, 0.1) is 18.7 Å². The minimum absolute atomic E-state index is 0.0792. The highest BCUT2D eigenvalue weighted by Gasteiger charge is 2.34. The summed E-state index contributed by atoms with van der Waals surface area (Å²) in [6.07, 6.45) is 0.135. The van der Waals surface area contributed by atoms with Crippen molar-refractivity contribution in [2.24, 2.45) is 5.92 Å². The molecule has 2 aromatic rings. The Balaban J connectivity index is 1.61. The third-order valence-electron chi connectivity index (χ3n) is 4.25. The molecule has 1 atom stereocenters. The van der Waals surface area contributed by atoms with Gasteiger partial charge in [-0.05, 0) is 29.8 Å². The van der Waals surface area contributed by atoms with Gasteiger partial charge in [0.15, 0.2) is 0 Å². The number of nitrogens with one attached hydrogen (secondary N) is 1. The van der Waals surface area contributed by atoms with E-state index in [1.54, 1.807) is 24.1 Å². The fraction of sp³-hybridized carbons (Fsp3) is 0.263. The van der Waals surface area contributed by atoms with E-state index in [1.807, 2.05) is 24.3 Å². The van der Waals surface area contributed by atoms with Gasteiger partial charge in [0, 0.05) is 19.5 Å². The monoisotopic (exact) mass is 342 g/mol. The lowest BCUT2D eigenvalue weighted by Gasteiger charge is -2.17. The average molecular weight is 342 g/mol. The Morgan fingerprint density at radius 2 is 1.96 bits per heavy atom. The van der Waals surface area contributed by atoms with E-state index in [2.05, 4.69) is 5.32 Å². The third kappa shape index (κ3) is 3.96. The van der Waals surface area contributed by atoms with Crippen molar-refractivity contribution < 1.29 is 18.7 Å². The first-order valence-corrected chi connectivity index (χ1v) is 8.03. The van der Waals surface area contributed by atoms with E-state index in [1.165, 1.54) is 12.1 Å². The molecule has 0 aliphatic carbocycles. The molecule has 2 amide bonds. The predicted octanol–water partition coefficient (Wildman–Crippen LogP) is 2.82. The van der Waals surface area contributed by atoms with Gasteiger partial charge in [0.25, 0.3) is 0 Å². The van der Waals surface area contributed by atoms with Crippen LogP contribution in [0.2, 0.25) is 0 Å². The maximum Gasteiger partial charge on any atom is 0.229 e. The summed E-state index contributed by atoms with van der Waals surface area (Å²) in [4.78, 5) is 26.2. The number of halogens is 1. The zero-order valence-electron chi connectivity index (χ0n) is 13.9. The molecule has 3 rings (SSSR count). The summed E-state index contributed by atoms with van der Waals surface area (Å²) in [5.41, 5.74) is 1.10. The zero-order valence-corrected chi connectivity index (χ0v) is 13.9. The SMILES string of the molecule is COc1ccc(CN2C[C@@H](C(=O)Nc3ccccc3F)CC2=O)cc1. The molecule has 2 aromatic carbocycles. The predicted molar refractivity (Wildman–Crippen MR) is 91.5 cm³/mol. The zero-order chi connectivity index (χ0) is 17.8. The second-order valence-electron chi connectivity index (χ2n) is 5.99. The summed E-state index contributed by atoms with van der Waals surface area (Å²) in [5, 5.41) is 2.56. The molecule has 6 heteroatoms. The number of anilines is 1. The number of ether oxygens (including phenoxy) is 1. The molecule has 1 saturated heterocycles. The minimum atomic E-state index is -0.490. The summed E-state index contributed by atoms with van der Waals surface area (Å²) in [5.74, 6) is -0.639. The van der Waals surface area contributed by atoms with Gasteiger partial charge < -0.3 is 15.0 Å². The molecule has 0 radical (unpaired) electrons. The molecule has 0 unspecified atom stereocenters. The van der Waals surface area contributed by atoms with E-state index in [0.717, 1.165) is 11.3 Å². The van der Waals surface area contributed by atoms with Crippen LogP contribution in [-0.4, -0.2) is 30.4 Å². The van der Waals surface area contributed by atoms with Crippen molar-refractivity contribution in [3.8, 4) is 5.75 Å². The standard InChI is InChI=1S/C19H19FN2O3/c1-25-15-8-6-13(7-9-15)11-22-12-14(10-18(22)23)19(24)21-17-5-3-2-4-16(17)20/h2-9,14H,10-12H2,1H3,(H,21,24)/t14-/m0/s1. The number of methoxy groups -OCH3 is 1. The maximum atomic E-state index is 13.6. The molecule has 1 aliphatic rings. The quantitative estimate of drug-likeness (QED) is 0.909. The van der Waals surface area contributed by atoms with Crippen LogP contribution in [0.4, 0.5) is 10.1 Å². The summed E-state index contributed by atoms with van der Waals surface area (Å²) in [7, 11) is 1.60. The van der Waals surface area contributed by atoms with Crippen LogP contribution in [0, 0.1) is 11.7 Å². The second kappa shape index (κ2) is 7.34. The Labute approximate surface area is 145 Å². The van der Waals surface area contributed by atoms with Gasteiger partial charge in [0.1, 0.15) is 11.6 Å². The smallest absolute Gasteiger partial charge is 0.229 e. The highest BCUT2D eigenvalue weighted by atomic mass is 19.1. The fourth-order valence-corrected chi connectivity index (χ4v) is 2.85. The van der Waals surface area contributed by atoms with Crippen LogP contribution in [0.5, 0.6) is 5.75 Å². The number of carbonyl (C=O) groups is 2. The molecular weight excluding hydrogens is 323 g/mol. The number of hydrogen-bond donors (Lipinski definition) is 1. The molecule has 5 nitrogen and oxygen atoms in total. The molecule has 0 aromatic heterocycles.